The second-order valence-electron chi connectivity index (χ2n) is 15.9. The summed E-state index contributed by atoms with van der Waals surface area (Å²) in [6, 6.07) is 3.28. The molecule has 4 heterocycles. The van der Waals surface area contributed by atoms with Gasteiger partial charge in [-0.3, -0.25) is 0 Å². The first kappa shape index (κ1) is 38.0. The molecule has 2 aliphatic heterocycles. The molecule has 16 nitrogen and oxygen atoms in total. The third-order valence-corrected chi connectivity index (χ3v) is 6.55. The maximum atomic E-state index is 12.1. The number of rotatable bonds is 2. The van der Waals surface area contributed by atoms with Gasteiger partial charge in [0.1, 0.15) is 34.0 Å². The number of ether oxygens (including phenoxy) is 4. The second kappa shape index (κ2) is 13.5. The van der Waals surface area contributed by atoms with E-state index in [0.717, 1.165) is 9.36 Å². The standard InChI is InChI=1S/2C16H26N4O4/c2*1-15(2,3)23-13(21)19-8-10(9-19)11-7-12(17)20(18-11)14(22)24-16(4,5)6/h2*7,10H,8-9,17H2,1-6H3. The molecule has 2 aliphatic rings. The Morgan fingerprint density at radius 2 is 0.792 bits per heavy atom. The molecule has 0 spiro atoms. The molecular formula is C32H52N8O8. The van der Waals surface area contributed by atoms with Gasteiger partial charge in [-0.1, -0.05) is 0 Å². The maximum absolute atomic E-state index is 12.1. The molecule has 0 aliphatic carbocycles. The van der Waals surface area contributed by atoms with Gasteiger partial charge in [0.25, 0.3) is 0 Å². The molecule has 0 unspecified atom stereocenters. The van der Waals surface area contributed by atoms with E-state index in [9.17, 15) is 19.2 Å². The second-order valence-corrected chi connectivity index (χ2v) is 15.9. The van der Waals surface area contributed by atoms with Crippen LogP contribution in [0, 0.1) is 0 Å². The summed E-state index contributed by atoms with van der Waals surface area (Å²) < 4.78 is 23.2. The van der Waals surface area contributed by atoms with Crippen LogP contribution in [0.2, 0.25) is 0 Å². The number of carbonyl (C=O) groups excluding carboxylic acids is 4. The molecule has 4 N–H and O–H groups in total. The number of nitrogens with zero attached hydrogens (tertiary/aromatic N) is 6. The van der Waals surface area contributed by atoms with Crippen molar-refractivity contribution in [2.75, 3.05) is 37.6 Å². The fourth-order valence-electron chi connectivity index (χ4n) is 4.41. The zero-order chi connectivity index (χ0) is 36.6. The first-order chi connectivity index (χ1) is 21.7. The summed E-state index contributed by atoms with van der Waals surface area (Å²) in [5.41, 5.74) is 10.7. The zero-order valence-corrected chi connectivity index (χ0v) is 30.2. The topological polar surface area (TPSA) is 199 Å². The lowest BCUT2D eigenvalue weighted by molar-refractivity contribution is 0.00686. The van der Waals surface area contributed by atoms with Crippen molar-refractivity contribution in [1.29, 1.82) is 0 Å². The Bertz CT molecular complexity index is 1380. The summed E-state index contributed by atoms with van der Waals surface area (Å²) in [6.07, 6.45) is -1.93. The van der Waals surface area contributed by atoms with Crippen molar-refractivity contribution in [3.05, 3.63) is 23.5 Å². The largest absolute Gasteiger partial charge is 0.444 e. The minimum absolute atomic E-state index is 0.0310. The van der Waals surface area contributed by atoms with E-state index in [4.69, 9.17) is 30.4 Å². The van der Waals surface area contributed by atoms with Crippen LogP contribution in [0.1, 0.15) is 106 Å². The van der Waals surface area contributed by atoms with Crippen molar-refractivity contribution in [2.24, 2.45) is 0 Å². The number of hydrogen-bond donors (Lipinski definition) is 2. The summed E-state index contributed by atoms with van der Waals surface area (Å²) in [7, 11) is 0. The normalized spacial score (nSPS) is 15.8. The summed E-state index contributed by atoms with van der Waals surface area (Å²) in [6.45, 7) is 23.5. The quantitative estimate of drug-likeness (QED) is 0.396. The minimum atomic E-state index is -0.625. The van der Waals surface area contributed by atoms with Crippen LogP contribution in [0.4, 0.5) is 30.8 Å². The van der Waals surface area contributed by atoms with Crippen LogP contribution >= 0.6 is 0 Å². The minimum Gasteiger partial charge on any atom is -0.444 e. The molecule has 2 amide bonds. The number of aromatic nitrogens is 4. The van der Waals surface area contributed by atoms with Crippen molar-refractivity contribution in [1.82, 2.24) is 29.4 Å². The van der Waals surface area contributed by atoms with E-state index in [1.807, 2.05) is 41.5 Å². The monoisotopic (exact) mass is 676 g/mol. The van der Waals surface area contributed by atoms with Gasteiger partial charge in [0.2, 0.25) is 0 Å². The van der Waals surface area contributed by atoms with Gasteiger partial charge < -0.3 is 40.2 Å². The lowest BCUT2D eigenvalue weighted by Crippen LogP contribution is -2.50. The van der Waals surface area contributed by atoms with Gasteiger partial charge in [0.05, 0.1) is 11.4 Å². The van der Waals surface area contributed by atoms with Crippen LogP contribution < -0.4 is 11.5 Å². The van der Waals surface area contributed by atoms with E-state index in [1.54, 1.807) is 63.5 Å². The highest BCUT2D eigenvalue weighted by Crippen LogP contribution is 2.30. The predicted molar refractivity (Wildman–Crippen MR) is 178 cm³/mol. The Kier molecular flexibility index (Phi) is 10.7. The molecule has 0 aromatic carbocycles. The Morgan fingerprint density at radius 3 is 1.04 bits per heavy atom. The van der Waals surface area contributed by atoms with Gasteiger partial charge in [-0.15, -0.1) is 9.36 Å². The molecule has 0 radical (unpaired) electrons. The zero-order valence-electron chi connectivity index (χ0n) is 30.2. The SMILES string of the molecule is CC(C)(C)OC(=O)N1CC(c2cc(N)n(C(=O)OC(C)(C)C)n2)C1.CC(C)(C)OC(=O)N1CC(c2cc(N)n(C(=O)OC(C)(C)C)n2)C1. The van der Waals surface area contributed by atoms with E-state index >= 15 is 0 Å². The van der Waals surface area contributed by atoms with E-state index in [-0.39, 0.29) is 35.7 Å². The van der Waals surface area contributed by atoms with E-state index in [2.05, 4.69) is 10.2 Å². The third kappa shape index (κ3) is 10.8. The average molecular weight is 677 g/mol. The molecule has 268 valence electrons. The molecule has 2 fully saturated rings. The van der Waals surface area contributed by atoms with E-state index in [1.165, 1.54) is 0 Å². The van der Waals surface area contributed by atoms with Gasteiger partial charge >= 0.3 is 24.4 Å². The molecule has 48 heavy (non-hydrogen) atoms. The van der Waals surface area contributed by atoms with Crippen molar-refractivity contribution in [3.8, 4) is 0 Å². The van der Waals surface area contributed by atoms with Gasteiger partial charge in [-0.25, -0.2) is 19.2 Å². The average Bonchev–Trinajstić information content (AvgIpc) is 3.35. The molecule has 0 atom stereocenters. The summed E-state index contributed by atoms with van der Waals surface area (Å²) in [5, 5.41) is 8.45. The smallest absolute Gasteiger partial charge is 0.437 e. The molecule has 4 rings (SSSR count). The highest BCUT2D eigenvalue weighted by atomic mass is 16.6. The fourth-order valence-corrected chi connectivity index (χ4v) is 4.41. The number of nitrogen functional groups attached to an aromatic ring is 2. The number of nitrogens with two attached hydrogens (primary N) is 2. The molecule has 2 aromatic rings. The summed E-state index contributed by atoms with van der Waals surface area (Å²) >= 11 is 0. The summed E-state index contributed by atoms with van der Waals surface area (Å²) in [4.78, 5) is 51.2. The number of anilines is 2. The first-order valence-corrected chi connectivity index (χ1v) is 15.8. The number of likely N-dealkylation sites (tertiary alicyclic amines) is 2. The van der Waals surface area contributed by atoms with Gasteiger partial charge in [-0.05, 0) is 83.1 Å². The molecule has 2 saturated heterocycles. The van der Waals surface area contributed by atoms with Crippen LogP contribution in [-0.4, -0.2) is 102 Å². The molecule has 0 saturated carbocycles. The van der Waals surface area contributed by atoms with Gasteiger partial charge in [0, 0.05) is 50.1 Å². The number of hydrogen-bond acceptors (Lipinski definition) is 12. The first-order valence-electron chi connectivity index (χ1n) is 15.8. The number of carbonyl (C=O) groups is 4. The third-order valence-electron chi connectivity index (χ3n) is 6.55. The highest BCUT2D eigenvalue weighted by Gasteiger charge is 2.38. The fraction of sp³-hybridized carbons (Fsp3) is 0.688. The van der Waals surface area contributed by atoms with Crippen LogP contribution in [0.5, 0.6) is 0 Å². The number of amides is 2. The lowest BCUT2D eigenvalue weighted by atomic mass is 9.97. The van der Waals surface area contributed by atoms with Gasteiger partial charge in [-0.2, -0.15) is 10.2 Å². The molecule has 2 aromatic heterocycles. The Balaban J connectivity index is 0.000000260. The van der Waals surface area contributed by atoms with Crippen LogP contribution in [0.3, 0.4) is 0 Å². The summed E-state index contributed by atoms with van der Waals surface area (Å²) in [5.74, 6) is 0.497. The Labute approximate surface area is 281 Å². The lowest BCUT2D eigenvalue weighted by Gasteiger charge is -2.38. The molecule has 16 heteroatoms. The van der Waals surface area contributed by atoms with E-state index < -0.39 is 34.6 Å². The molecule has 0 bridgehead atoms. The van der Waals surface area contributed by atoms with Gasteiger partial charge in [0.15, 0.2) is 0 Å². The Hall–Kier alpha value is -4.50. The van der Waals surface area contributed by atoms with Crippen LogP contribution in [0.15, 0.2) is 12.1 Å². The van der Waals surface area contributed by atoms with Crippen molar-refractivity contribution in [2.45, 2.75) is 117 Å². The molecular weight excluding hydrogens is 624 g/mol. The Morgan fingerprint density at radius 1 is 0.542 bits per heavy atom. The van der Waals surface area contributed by atoms with E-state index in [0.29, 0.717) is 37.6 Å². The van der Waals surface area contributed by atoms with Crippen molar-refractivity contribution >= 4 is 36.0 Å². The predicted octanol–water partition coefficient (Wildman–Crippen LogP) is 5.17. The van der Waals surface area contributed by atoms with Crippen molar-refractivity contribution in [3.63, 3.8) is 0 Å². The highest BCUT2D eigenvalue weighted by molar-refractivity contribution is 5.75. The maximum Gasteiger partial charge on any atom is 0.437 e. The van der Waals surface area contributed by atoms with Crippen LogP contribution in [-0.2, 0) is 18.9 Å². The van der Waals surface area contributed by atoms with Crippen LogP contribution in [0.25, 0.3) is 0 Å². The van der Waals surface area contributed by atoms with Crippen molar-refractivity contribution < 1.29 is 38.1 Å².